The Labute approximate surface area is 36.0 Å². The van der Waals surface area contributed by atoms with E-state index in [0.29, 0.717) is 0 Å². The number of alkyl halides is 1. The van der Waals surface area contributed by atoms with Gasteiger partial charge < -0.3 is 0 Å². The van der Waals surface area contributed by atoms with Crippen LogP contribution in [-0.4, -0.2) is 16.3 Å². The summed E-state index contributed by atoms with van der Waals surface area (Å²) < 4.78 is 0. The quantitative estimate of drug-likeness (QED) is 0.274. The number of rotatable bonds is 0. The number of hydrogen-bond donors (Lipinski definition) is 0. The summed E-state index contributed by atoms with van der Waals surface area (Å²) in [5, 5.41) is 0. The molecule has 20 valence electrons. The van der Waals surface area contributed by atoms with Crippen molar-refractivity contribution in [3.63, 3.8) is 0 Å². The van der Waals surface area contributed by atoms with E-state index in [2.05, 4.69) is 0 Å². The molecule has 0 unspecified atom stereocenters. The van der Waals surface area contributed by atoms with Crippen LogP contribution in [0.3, 0.4) is 0 Å². The van der Waals surface area contributed by atoms with Gasteiger partial charge in [0.1, 0.15) is 0 Å². The van der Waals surface area contributed by atoms with Gasteiger partial charge in [0, 0.05) is 0 Å². The van der Waals surface area contributed by atoms with Crippen LogP contribution in [0.4, 0.5) is 0 Å². The molecule has 3 heteroatoms. The van der Waals surface area contributed by atoms with Gasteiger partial charge in [0.15, 0.2) is 0 Å². The number of halogens is 1. The average molecular weight is 164 g/mol. The average Bonchev–Trinajstić information content (AvgIpc) is 0.811. The molecule has 0 aromatic heterocycles. The molecular weight excluding hydrogens is 161 g/mol. The van der Waals surface area contributed by atoms with Crippen LogP contribution in [0.2, 0.25) is 0 Å². The van der Waals surface area contributed by atoms with E-state index < -0.39 is 19.4 Å². The van der Waals surface area contributed by atoms with Gasteiger partial charge in [-0.1, -0.05) is 0 Å². The fourth-order valence-electron chi connectivity index (χ4n) is 0. The molecule has 0 fully saturated rings. The van der Waals surface area contributed by atoms with E-state index in [4.69, 9.17) is 11.4 Å². The Morgan fingerprint density at radius 2 is 1.50 bits per heavy atom. The van der Waals surface area contributed by atoms with Crippen molar-refractivity contribution in [1.29, 1.82) is 0 Å². The van der Waals surface area contributed by atoms with E-state index in [9.17, 15) is 0 Å². The van der Waals surface area contributed by atoms with Gasteiger partial charge in [-0.15, -0.1) is 0 Å². The van der Waals surface area contributed by atoms with Crippen molar-refractivity contribution < 1.29 is 0 Å². The minimum absolute atomic E-state index is 1.26. The van der Waals surface area contributed by atoms with Crippen molar-refractivity contribution in [2.75, 3.05) is 4.93 Å². The molecule has 0 bridgehead atoms. The molecule has 0 aromatic carbocycles. The third kappa shape index (κ3) is 13.4. The van der Waals surface area contributed by atoms with E-state index >= 15 is 0 Å². The first-order valence-electron chi connectivity index (χ1n) is 0.814. The Morgan fingerprint density at radius 3 is 1.50 bits per heavy atom. The summed E-state index contributed by atoms with van der Waals surface area (Å²) in [6.07, 6.45) is 0. The van der Waals surface area contributed by atoms with Crippen LogP contribution in [0.25, 0.3) is 0 Å². The molecule has 4 radical (unpaired) electrons. The summed E-state index contributed by atoms with van der Waals surface area (Å²) in [4.78, 5) is 1.88. The molecule has 0 aromatic rings. The molecule has 0 saturated heterocycles. The maximum atomic E-state index is 5.05. The molecule has 0 spiro atoms. The molecule has 4 heavy (non-hydrogen) atoms. The molecule has 0 heterocycles. The molecule has 0 aliphatic carbocycles. The SMILES string of the molecule is [B]I([B])C. The summed E-state index contributed by atoms with van der Waals surface area (Å²) >= 11 is -1.26. The first-order valence-corrected chi connectivity index (χ1v) is 5.46. The van der Waals surface area contributed by atoms with Crippen molar-refractivity contribution in [2.24, 2.45) is 0 Å². The molecule has 0 saturated carbocycles. The fourth-order valence-corrected chi connectivity index (χ4v) is 0. The minimum atomic E-state index is -1.26. The Kier molecular flexibility index (Phi) is 2.57. The number of hydrogen-bond acceptors (Lipinski definition) is 0. The summed E-state index contributed by atoms with van der Waals surface area (Å²) in [6, 6.07) is 0. The van der Waals surface area contributed by atoms with Crippen LogP contribution in [0.1, 0.15) is 0 Å². The molecule has 0 aliphatic rings. The zero-order chi connectivity index (χ0) is 3.58. The molecule has 0 N–H and O–H groups in total. The summed E-state index contributed by atoms with van der Waals surface area (Å²) in [7, 11) is 0. The third-order valence-electron chi connectivity index (χ3n) is 0. The summed E-state index contributed by atoms with van der Waals surface area (Å²) in [6.45, 7) is 0. The molecule has 0 atom stereocenters. The second kappa shape index (κ2) is 2.12. The Bertz CT molecular complexity index is 10.8. The van der Waals surface area contributed by atoms with Gasteiger partial charge in [0.25, 0.3) is 0 Å². The van der Waals surface area contributed by atoms with Gasteiger partial charge in [-0.2, -0.15) is 0 Å². The third-order valence-corrected chi connectivity index (χ3v) is 0. The van der Waals surface area contributed by atoms with Gasteiger partial charge in [-0.25, -0.2) is 0 Å². The zero-order valence-electron chi connectivity index (χ0n) is 2.53. The fraction of sp³-hybridized carbons (Fsp3) is 1.00. The van der Waals surface area contributed by atoms with E-state index in [1.165, 1.54) is 0 Å². The van der Waals surface area contributed by atoms with Crippen molar-refractivity contribution in [1.82, 2.24) is 0 Å². The van der Waals surface area contributed by atoms with Crippen molar-refractivity contribution in [3.05, 3.63) is 0 Å². The van der Waals surface area contributed by atoms with Crippen LogP contribution < -0.4 is 0 Å². The molecule has 0 nitrogen and oxygen atoms in total. The summed E-state index contributed by atoms with van der Waals surface area (Å²) in [5.41, 5.74) is 10.1. The first-order chi connectivity index (χ1) is 1.73. The van der Waals surface area contributed by atoms with E-state index in [1.807, 2.05) is 4.93 Å². The normalized spacial score (nSPS) is 10.8. The zero-order valence-corrected chi connectivity index (χ0v) is 4.69. The monoisotopic (exact) mass is 164 g/mol. The van der Waals surface area contributed by atoms with Crippen LogP contribution in [0.15, 0.2) is 0 Å². The van der Waals surface area contributed by atoms with Crippen LogP contribution >= 0.6 is 19.4 Å². The van der Waals surface area contributed by atoms with E-state index in [1.54, 1.807) is 0 Å². The summed E-state index contributed by atoms with van der Waals surface area (Å²) in [5.74, 6) is 0. The van der Waals surface area contributed by atoms with E-state index in [0.717, 1.165) is 0 Å². The van der Waals surface area contributed by atoms with Crippen LogP contribution in [0.5, 0.6) is 0 Å². The van der Waals surface area contributed by atoms with Gasteiger partial charge in [0.05, 0.1) is 0 Å². The van der Waals surface area contributed by atoms with E-state index in [-0.39, 0.29) is 0 Å². The van der Waals surface area contributed by atoms with Crippen molar-refractivity contribution >= 4 is 30.8 Å². The van der Waals surface area contributed by atoms with Crippen LogP contribution in [-0.2, 0) is 0 Å². The maximum absolute atomic E-state index is 5.05. The molecule has 0 aliphatic heterocycles. The Balaban J connectivity index is 2.32. The van der Waals surface area contributed by atoms with Gasteiger partial charge in [0.2, 0.25) is 0 Å². The second-order valence-electron chi connectivity index (χ2n) is 0.562. The molecule has 0 amide bonds. The standard InChI is InChI=1S/CH3B2I/c1-4(2)3/h1H3. The Morgan fingerprint density at radius 1 is 1.50 bits per heavy atom. The van der Waals surface area contributed by atoms with Gasteiger partial charge in [-0.3, -0.25) is 0 Å². The second-order valence-corrected chi connectivity index (χ2v) is 3.77. The Hall–Kier alpha value is 0.860. The van der Waals surface area contributed by atoms with Gasteiger partial charge in [-0.05, 0) is 0 Å². The topological polar surface area (TPSA) is 0 Å². The molecular formula is CH3B2I. The first kappa shape index (κ1) is 4.86. The predicted octanol–water partition coefficient (Wildman–Crippen LogP) is 0.290. The van der Waals surface area contributed by atoms with Crippen molar-refractivity contribution in [2.45, 2.75) is 0 Å². The molecule has 0 rings (SSSR count). The van der Waals surface area contributed by atoms with Crippen LogP contribution in [0, 0.1) is 0 Å². The van der Waals surface area contributed by atoms with Gasteiger partial charge >= 0.3 is 35.7 Å². The van der Waals surface area contributed by atoms with Crippen molar-refractivity contribution in [3.8, 4) is 0 Å². The predicted molar refractivity (Wildman–Crippen MR) is 31.5 cm³/mol.